The van der Waals surface area contributed by atoms with Gasteiger partial charge in [0, 0.05) is 5.38 Å². The van der Waals surface area contributed by atoms with Crippen molar-refractivity contribution in [1.82, 2.24) is 4.98 Å². The Morgan fingerprint density at radius 1 is 1.21 bits per heavy atom. The third-order valence-electron chi connectivity index (χ3n) is 4.09. The number of nitrogens with zero attached hydrogens (tertiary/aromatic N) is 1. The Balaban J connectivity index is 1.61. The summed E-state index contributed by atoms with van der Waals surface area (Å²) >= 11 is 1.27. The average Bonchev–Trinajstić information content (AvgIpc) is 3.30. The second kappa shape index (κ2) is 9.38. The fourth-order valence-electron chi connectivity index (χ4n) is 2.65. The largest absolute Gasteiger partial charge is 0.491 e. The highest BCUT2D eigenvalue weighted by Gasteiger charge is 2.15. The number of amides is 2. The van der Waals surface area contributed by atoms with Crippen LogP contribution in [0.2, 0.25) is 0 Å². The molecule has 8 heteroatoms. The maximum Gasteiger partial charge on any atom is 0.260 e. The van der Waals surface area contributed by atoms with Crippen LogP contribution in [0.25, 0.3) is 0 Å². The van der Waals surface area contributed by atoms with Gasteiger partial charge >= 0.3 is 0 Å². The standard InChI is InChI=1S/C21H23N3O4S/c1-4-8-28-18-10-13(2)5-6-17(18)23-19(25)11-15-12-29-21(22-15)24-20(26)16-7-9-27-14(16)3/h5-7,9-10,12H,4,8,11H2,1-3H3,(H,23,25)(H,22,24,26). The summed E-state index contributed by atoms with van der Waals surface area (Å²) < 4.78 is 10.9. The lowest BCUT2D eigenvalue weighted by Gasteiger charge is -2.12. The number of rotatable bonds is 8. The van der Waals surface area contributed by atoms with Crippen LogP contribution in [0.15, 0.2) is 40.3 Å². The minimum Gasteiger partial charge on any atom is -0.491 e. The Morgan fingerprint density at radius 3 is 2.76 bits per heavy atom. The van der Waals surface area contributed by atoms with Crippen LogP contribution >= 0.6 is 11.3 Å². The quantitative estimate of drug-likeness (QED) is 0.564. The summed E-state index contributed by atoms with van der Waals surface area (Å²) in [4.78, 5) is 29.0. The van der Waals surface area contributed by atoms with Gasteiger partial charge in [0.1, 0.15) is 11.5 Å². The van der Waals surface area contributed by atoms with E-state index in [1.807, 2.05) is 32.0 Å². The number of thiazole rings is 1. The van der Waals surface area contributed by atoms with Crippen LogP contribution in [0.4, 0.5) is 10.8 Å². The zero-order chi connectivity index (χ0) is 20.8. The number of aryl methyl sites for hydroxylation is 2. The van der Waals surface area contributed by atoms with Gasteiger partial charge in [-0.1, -0.05) is 13.0 Å². The topological polar surface area (TPSA) is 93.5 Å². The zero-order valence-corrected chi connectivity index (χ0v) is 17.4. The molecule has 3 rings (SSSR count). The number of carbonyl (C=O) groups excluding carboxylic acids is 2. The van der Waals surface area contributed by atoms with E-state index in [1.54, 1.807) is 18.4 Å². The minimum absolute atomic E-state index is 0.0954. The second-order valence-corrected chi connectivity index (χ2v) is 7.42. The summed E-state index contributed by atoms with van der Waals surface area (Å²) in [7, 11) is 0. The van der Waals surface area contributed by atoms with E-state index in [-0.39, 0.29) is 18.2 Å². The highest BCUT2D eigenvalue weighted by Crippen LogP contribution is 2.26. The fraction of sp³-hybridized carbons (Fsp3) is 0.286. The molecule has 29 heavy (non-hydrogen) atoms. The van der Waals surface area contributed by atoms with E-state index in [1.165, 1.54) is 17.6 Å². The molecule has 1 aromatic carbocycles. The number of aromatic nitrogens is 1. The molecule has 2 N–H and O–H groups in total. The van der Waals surface area contributed by atoms with Gasteiger partial charge in [0.2, 0.25) is 5.91 Å². The van der Waals surface area contributed by atoms with E-state index in [9.17, 15) is 9.59 Å². The zero-order valence-electron chi connectivity index (χ0n) is 16.6. The summed E-state index contributed by atoms with van der Waals surface area (Å²) in [5.74, 6) is 0.697. The van der Waals surface area contributed by atoms with Crippen LogP contribution < -0.4 is 15.4 Å². The van der Waals surface area contributed by atoms with Gasteiger partial charge in [0.15, 0.2) is 5.13 Å². The van der Waals surface area contributed by atoms with Gasteiger partial charge in [-0.15, -0.1) is 11.3 Å². The Hall–Kier alpha value is -3.13. The van der Waals surface area contributed by atoms with Crippen molar-refractivity contribution in [3.05, 3.63) is 58.5 Å². The van der Waals surface area contributed by atoms with Gasteiger partial charge < -0.3 is 14.5 Å². The summed E-state index contributed by atoms with van der Waals surface area (Å²) in [6, 6.07) is 7.26. The number of hydrogen-bond acceptors (Lipinski definition) is 6. The van der Waals surface area contributed by atoms with Gasteiger partial charge in [-0.3, -0.25) is 14.9 Å². The maximum absolute atomic E-state index is 12.5. The Labute approximate surface area is 173 Å². The first-order valence-electron chi connectivity index (χ1n) is 9.29. The van der Waals surface area contributed by atoms with Crippen molar-refractivity contribution in [2.24, 2.45) is 0 Å². The van der Waals surface area contributed by atoms with E-state index in [4.69, 9.17) is 9.15 Å². The molecule has 2 aromatic heterocycles. The summed E-state index contributed by atoms with van der Waals surface area (Å²) in [5, 5.41) is 7.78. The lowest BCUT2D eigenvalue weighted by atomic mass is 10.2. The molecule has 7 nitrogen and oxygen atoms in total. The van der Waals surface area contributed by atoms with Gasteiger partial charge in [-0.25, -0.2) is 4.98 Å². The highest BCUT2D eigenvalue weighted by atomic mass is 32.1. The minimum atomic E-state index is -0.293. The monoisotopic (exact) mass is 413 g/mol. The molecule has 0 fully saturated rings. The lowest BCUT2D eigenvalue weighted by molar-refractivity contribution is -0.115. The van der Waals surface area contributed by atoms with Crippen molar-refractivity contribution in [1.29, 1.82) is 0 Å². The van der Waals surface area contributed by atoms with E-state index in [0.717, 1.165) is 12.0 Å². The van der Waals surface area contributed by atoms with Gasteiger partial charge in [-0.2, -0.15) is 0 Å². The number of furan rings is 1. The molecule has 152 valence electrons. The van der Waals surface area contributed by atoms with Crippen LogP contribution in [0.5, 0.6) is 5.75 Å². The molecule has 0 atom stereocenters. The molecule has 3 aromatic rings. The predicted octanol–water partition coefficient (Wildman–Crippen LogP) is 4.58. The van der Waals surface area contributed by atoms with Crippen molar-refractivity contribution in [3.8, 4) is 5.75 Å². The third-order valence-corrected chi connectivity index (χ3v) is 4.90. The molecule has 0 aliphatic heterocycles. The summed E-state index contributed by atoms with van der Waals surface area (Å²) in [6.45, 7) is 6.30. The number of hydrogen-bond donors (Lipinski definition) is 2. The van der Waals surface area contributed by atoms with Crippen LogP contribution in [0.3, 0.4) is 0 Å². The Bertz CT molecular complexity index is 1010. The molecule has 0 radical (unpaired) electrons. The molecule has 2 amide bonds. The lowest BCUT2D eigenvalue weighted by Crippen LogP contribution is -2.16. The number of ether oxygens (including phenoxy) is 1. The highest BCUT2D eigenvalue weighted by molar-refractivity contribution is 7.14. The Kier molecular flexibility index (Phi) is 6.66. The fourth-order valence-corrected chi connectivity index (χ4v) is 3.36. The molecule has 0 unspecified atom stereocenters. The van der Waals surface area contributed by atoms with Crippen molar-refractivity contribution in [2.45, 2.75) is 33.6 Å². The van der Waals surface area contributed by atoms with Gasteiger partial charge in [0.25, 0.3) is 5.91 Å². The van der Waals surface area contributed by atoms with Crippen LogP contribution in [-0.2, 0) is 11.2 Å². The van der Waals surface area contributed by atoms with E-state index >= 15 is 0 Å². The first-order valence-corrected chi connectivity index (χ1v) is 10.2. The Morgan fingerprint density at radius 2 is 2.03 bits per heavy atom. The first kappa shape index (κ1) is 20.6. The van der Waals surface area contributed by atoms with Crippen LogP contribution in [0.1, 0.15) is 40.7 Å². The molecule has 0 aliphatic rings. The van der Waals surface area contributed by atoms with Crippen molar-refractivity contribution >= 4 is 34.0 Å². The van der Waals surface area contributed by atoms with E-state index in [2.05, 4.69) is 15.6 Å². The molecule has 0 bridgehead atoms. The number of anilines is 2. The first-order chi connectivity index (χ1) is 14.0. The third kappa shape index (κ3) is 5.45. The van der Waals surface area contributed by atoms with E-state index < -0.39 is 0 Å². The average molecular weight is 413 g/mol. The molecule has 0 spiro atoms. The van der Waals surface area contributed by atoms with Crippen LogP contribution in [0, 0.1) is 13.8 Å². The molecular weight excluding hydrogens is 390 g/mol. The van der Waals surface area contributed by atoms with Crippen molar-refractivity contribution in [2.75, 3.05) is 17.2 Å². The van der Waals surface area contributed by atoms with E-state index in [0.29, 0.717) is 40.2 Å². The van der Waals surface area contributed by atoms with Gasteiger partial charge in [0.05, 0.1) is 36.2 Å². The number of nitrogens with one attached hydrogen (secondary N) is 2. The normalized spacial score (nSPS) is 10.6. The van der Waals surface area contributed by atoms with Crippen molar-refractivity contribution < 1.29 is 18.7 Å². The number of carbonyl (C=O) groups is 2. The smallest absolute Gasteiger partial charge is 0.260 e. The molecule has 0 aliphatic carbocycles. The molecule has 0 saturated heterocycles. The molecule has 2 heterocycles. The SMILES string of the molecule is CCCOc1cc(C)ccc1NC(=O)Cc1csc(NC(=O)c2ccoc2C)n1. The molecule has 0 saturated carbocycles. The predicted molar refractivity (Wildman–Crippen MR) is 113 cm³/mol. The maximum atomic E-state index is 12.5. The van der Waals surface area contributed by atoms with Gasteiger partial charge in [-0.05, 0) is 44.0 Å². The van der Waals surface area contributed by atoms with Crippen LogP contribution in [-0.4, -0.2) is 23.4 Å². The second-order valence-electron chi connectivity index (χ2n) is 6.56. The van der Waals surface area contributed by atoms with Crippen molar-refractivity contribution in [3.63, 3.8) is 0 Å². The molecular formula is C21H23N3O4S. The number of benzene rings is 1. The summed E-state index contributed by atoms with van der Waals surface area (Å²) in [5.41, 5.74) is 2.73. The summed E-state index contributed by atoms with van der Waals surface area (Å²) in [6.07, 6.45) is 2.44.